The van der Waals surface area contributed by atoms with Gasteiger partial charge in [0.15, 0.2) is 0 Å². The maximum absolute atomic E-state index is 11.8. The molecule has 29 heavy (non-hydrogen) atoms. The average molecular weight is 402 g/mol. The highest BCUT2D eigenvalue weighted by molar-refractivity contribution is 5.80. The number of carboxylic acid groups (broad SMARTS) is 1. The lowest BCUT2D eigenvalue weighted by Gasteiger charge is -2.22. The first kappa shape index (κ1) is 21.7. The van der Waals surface area contributed by atoms with Crippen molar-refractivity contribution >= 4 is 17.7 Å². The molecule has 0 aliphatic carbocycles. The number of hydrogen-bond acceptors (Lipinski definition) is 6. The number of nitro groups is 1. The molecule has 0 heterocycles. The van der Waals surface area contributed by atoms with Crippen molar-refractivity contribution in [1.82, 2.24) is 5.32 Å². The standard InChI is InChI=1S/C20H22N2O7/c1-20(2,3)29-19(25)21-17(18(23)24)12-13-4-8-15(9-5-13)28-16-10-6-14(7-11-16)22(26)27/h4-11,17H,12H2,1-3H3,(H,21,25)(H,23,24). The number of alkyl carbamates (subject to hydrolysis) is 1. The number of amides is 1. The quantitative estimate of drug-likeness (QED) is 0.531. The third-order valence-corrected chi connectivity index (χ3v) is 3.64. The van der Waals surface area contributed by atoms with E-state index < -0.39 is 28.6 Å². The van der Waals surface area contributed by atoms with Crippen molar-refractivity contribution in [2.45, 2.75) is 38.8 Å². The highest BCUT2D eigenvalue weighted by atomic mass is 16.6. The smallest absolute Gasteiger partial charge is 0.408 e. The van der Waals surface area contributed by atoms with Crippen LogP contribution in [0.15, 0.2) is 48.5 Å². The zero-order valence-corrected chi connectivity index (χ0v) is 16.2. The number of hydrogen-bond donors (Lipinski definition) is 2. The van der Waals surface area contributed by atoms with Gasteiger partial charge in [0.2, 0.25) is 0 Å². The zero-order valence-electron chi connectivity index (χ0n) is 16.2. The van der Waals surface area contributed by atoms with Crippen LogP contribution in [-0.2, 0) is 16.0 Å². The first-order chi connectivity index (χ1) is 13.5. The molecule has 1 amide bonds. The number of non-ortho nitro benzene ring substituents is 1. The Morgan fingerprint density at radius 1 is 1.07 bits per heavy atom. The number of nitrogens with one attached hydrogen (secondary N) is 1. The molecule has 0 aliphatic rings. The molecule has 0 aromatic heterocycles. The molecular weight excluding hydrogens is 380 g/mol. The van der Waals surface area contributed by atoms with Gasteiger partial charge < -0.3 is 19.9 Å². The number of benzene rings is 2. The van der Waals surface area contributed by atoms with E-state index in [0.717, 1.165) is 0 Å². The Morgan fingerprint density at radius 2 is 1.59 bits per heavy atom. The summed E-state index contributed by atoms with van der Waals surface area (Å²) in [5.41, 5.74) is -0.0984. The predicted octanol–water partition coefficient (Wildman–Crippen LogP) is 3.91. The molecule has 2 aromatic rings. The summed E-state index contributed by atoms with van der Waals surface area (Å²) in [7, 11) is 0. The number of carbonyl (C=O) groups excluding carboxylic acids is 1. The third kappa shape index (κ3) is 7.13. The summed E-state index contributed by atoms with van der Waals surface area (Å²) in [4.78, 5) is 33.4. The van der Waals surface area contributed by atoms with Gasteiger partial charge in [-0.15, -0.1) is 0 Å². The number of carbonyl (C=O) groups is 2. The summed E-state index contributed by atoms with van der Waals surface area (Å²) in [6.07, 6.45) is -0.741. The fourth-order valence-electron chi connectivity index (χ4n) is 2.35. The maximum Gasteiger partial charge on any atom is 0.408 e. The van der Waals surface area contributed by atoms with E-state index in [2.05, 4.69) is 5.32 Å². The van der Waals surface area contributed by atoms with E-state index in [4.69, 9.17) is 9.47 Å². The minimum atomic E-state index is -1.18. The molecule has 9 nitrogen and oxygen atoms in total. The van der Waals surface area contributed by atoms with E-state index in [-0.39, 0.29) is 12.1 Å². The van der Waals surface area contributed by atoms with Gasteiger partial charge in [-0.1, -0.05) is 12.1 Å². The molecule has 0 saturated carbocycles. The Labute approximate surface area is 167 Å². The maximum atomic E-state index is 11.8. The lowest BCUT2D eigenvalue weighted by atomic mass is 10.1. The Balaban J connectivity index is 1.99. The molecular formula is C20H22N2O7. The van der Waals surface area contributed by atoms with Gasteiger partial charge >= 0.3 is 12.1 Å². The Hall–Kier alpha value is -3.62. The van der Waals surface area contributed by atoms with Crippen molar-refractivity contribution in [3.05, 3.63) is 64.2 Å². The van der Waals surface area contributed by atoms with Crippen molar-refractivity contribution < 1.29 is 29.1 Å². The third-order valence-electron chi connectivity index (χ3n) is 3.64. The van der Waals surface area contributed by atoms with Gasteiger partial charge in [0.05, 0.1) is 4.92 Å². The second-order valence-corrected chi connectivity index (χ2v) is 7.24. The number of rotatable bonds is 7. The van der Waals surface area contributed by atoms with E-state index in [1.54, 1.807) is 45.0 Å². The van der Waals surface area contributed by atoms with Crippen LogP contribution in [0.3, 0.4) is 0 Å². The van der Waals surface area contributed by atoms with Crippen molar-refractivity contribution in [1.29, 1.82) is 0 Å². The van der Waals surface area contributed by atoms with E-state index >= 15 is 0 Å². The van der Waals surface area contributed by atoms with Crippen molar-refractivity contribution in [2.75, 3.05) is 0 Å². The molecule has 154 valence electrons. The largest absolute Gasteiger partial charge is 0.480 e. The van der Waals surface area contributed by atoms with Crippen molar-refractivity contribution in [3.8, 4) is 11.5 Å². The summed E-state index contributed by atoms with van der Waals surface area (Å²) in [5.74, 6) is -0.269. The number of carboxylic acids is 1. The molecule has 0 saturated heterocycles. The van der Waals surface area contributed by atoms with Crippen molar-refractivity contribution in [2.24, 2.45) is 0 Å². The topological polar surface area (TPSA) is 128 Å². The predicted molar refractivity (Wildman–Crippen MR) is 104 cm³/mol. The molecule has 9 heteroatoms. The van der Waals surface area contributed by atoms with Gasteiger partial charge in [-0.2, -0.15) is 0 Å². The summed E-state index contributed by atoms with van der Waals surface area (Å²) in [6.45, 7) is 5.06. The fraction of sp³-hybridized carbons (Fsp3) is 0.300. The highest BCUT2D eigenvalue weighted by Gasteiger charge is 2.24. The van der Waals surface area contributed by atoms with Crippen LogP contribution in [-0.4, -0.2) is 33.7 Å². The number of ether oxygens (including phenoxy) is 2. The molecule has 2 rings (SSSR count). The van der Waals surface area contributed by atoms with Crippen LogP contribution >= 0.6 is 0 Å². The first-order valence-electron chi connectivity index (χ1n) is 8.77. The molecule has 1 unspecified atom stereocenters. The molecule has 2 N–H and O–H groups in total. The van der Waals surface area contributed by atoms with Crippen LogP contribution in [0.1, 0.15) is 26.3 Å². The monoisotopic (exact) mass is 402 g/mol. The number of nitrogens with zero attached hydrogens (tertiary/aromatic N) is 1. The fourth-order valence-corrected chi connectivity index (χ4v) is 2.35. The van der Waals surface area contributed by atoms with Crippen LogP contribution in [0.25, 0.3) is 0 Å². The Kier molecular flexibility index (Phi) is 6.76. The first-order valence-corrected chi connectivity index (χ1v) is 8.77. The molecule has 0 fully saturated rings. The van der Waals surface area contributed by atoms with E-state index in [0.29, 0.717) is 17.1 Å². The van der Waals surface area contributed by atoms with Gasteiger partial charge in [-0.05, 0) is 50.6 Å². The minimum Gasteiger partial charge on any atom is -0.480 e. The lowest BCUT2D eigenvalue weighted by molar-refractivity contribution is -0.384. The van der Waals surface area contributed by atoms with E-state index in [1.807, 2.05) is 0 Å². The second-order valence-electron chi connectivity index (χ2n) is 7.24. The summed E-state index contributed by atoms with van der Waals surface area (Å²) < 4.78 is 10.7. The molecule has 0 bridgehead atoms. The van der Waals surface area contributed by atoms with Crippen LogP contribution in [0, 0.1) is 10.1 Å². The van der Waals surface area contributed by atoms with Crippen LogP contribution in [0.5, 0.6) is 11.5 Å². The Bertz CT molecular complexity index is 871. The number of aliphatic carboxylic acids is 1. The summed E-state index contributed by atoms with van der Waals surface area (Å²) >= 11 is 0. The van der Waals surface area contributed by atoms with Crippen LogP contribution in [0.2, 0.25) is 0 Å². The van der Waals surface area contributed by atoms with Gasteiger partial charge in [0.25, 0.3) is 5.69 Å². The highest BCUT2D eigenvalue weighted by Crippen LogP contribution is 2.24. The van der Waals surface area contributed by atoms with Gasteiger partial charge in [0.1, 0.15) is 23.1 Å². The zero-order chi connectivity index (χ0) is 21.6. The Morgan fingerprint density at radius 3 is 2.03 bits per heavy atom. The van der Waals surface area contributed by atoms with Crippen LogP contribution < -0.4 is 10.1 Å². The van der Waals surface area contributed by atoms with Crippen molar-refractivity contribution in [3.63, 3.8) is 0 Å². The SMILES string of the molecule is CC(C)(C)OC(=O)NC(Cc1ccc(Oc2ccc([N+](=O)[O-])cc2)cc1)C(=O)O. The number of nitro benzene ring substituents is 1. The summed E-state index contributed by atoms with van der Waals surface area (Å²) in [5, 5.41) is 22.4. The molecule has 0 radical (unpaired) electrons. The van der Waals surface area contributed by atoms with Gasteiger partial charge in [-0.3, -0.25) is 10.1 Å². The summed E-state index contributed by atoms with van der Waals surface area (Å²) in [6, 6.07) is 11.1. The molecule has 0 aliphatic heterocycles. The lowest BCUT2D eigenvalue weighted by Crippen LogP contribution is -2.44. The minimum absolute atomic E-state index is 0.0371. The molecule has 2 aromatic carbocycles. The van der Waals surface area contributed by atoms with E-state index in [1.165, 1.54) is 24.3 Å². The van der Waals surface area contributed by atoms with Gasteiger partial charge in [-0.25, -0.2) is 9.59 Å². The molecule has 0 spiro atoms. The van der Waals surface area contributed by atoms with Crippen LogP contribution in [0.4, 0.5) is 10.5 Å². The van der Waals surface area contributed by atoms with E-state index in [9.17, 15) is 24.8 Å². The van der Waals surface area contributed by atoms with Gasteiger partial charge in [0, 0.05) is 18.6 Å². The molecule has 1 atom stereocenters. The second kappa shape index (κ2) is 9.05. The average Bonchev–Trinajstić information content (AvgIpc) is 2.61. The normalized spacial score (nSPS) is 12.0.